The molecule has 0 heterocycles. The van der Waals surface area contributed by atoms with Crippen molar-refractivity contribution in [3.8, 4) is 22.6 Å². The molecule has 0 unspecified atom stereocenters. The zero-order valence-electron chi connectivity index (χ0n) is 11.6. The van der Waals surface area contributed by atoms with Crippen molar-refractivity contribution >= 4 is 17.4 Å². The largest absolute Gasteiger partial charge is 0.493 e. The van der Waals surface area contributed by atoms with Gasteiger partial charge in [-0.3, -0.25) is 4.79 Å². The molecule has 0 fully saturated rings. The third-order valence-corrected chi connectivity index (χ3v) is 3.29. The smallest absolute Gasteiger partial charge is 0.168 e. The highest BCUT2D eigenvalue weighted by atomic mass is 35.5. The molecule has 0 aliphatic heterocycles. The van der Waals surface area contributed by atoms with Gasteiger partial charge in [-0.25, -0.2) is 0 Å². The minimum Gasteiger partial charge on any atom is -0.493 e. The topological polar surface area (TPSA) is 35.5 Å². The van der Waals surface area contributed by atoms with Crippen molar-refractivity contribution in [2.75, 3.05) is 14.2 Å². The molecule has 0 N–H and O–H groups in total. The zero-order valence-corrected chi connectivity index (χ0v) is 12.3. The number of hydrogen-bond donors (Lipinski definition) is 0. The lowest BCUT2D eigenvalue weighted by Gasteiger charge is -2.14. The fraction of sp³-hybridized carbons (Fsp3) is 0.188. The molecule has 0 aromatic heterocycles. The second kappa shape index (κ2) is 5.97. The lowest BCUT2D eigenvalue weighted by molar-refractivity contribution is 0.101. The highest BCUT2D eigenvalue weighted by Gasteiger charge is 2.15. The summed E-state index contributed by atoms with van der Waals surface area (Å²) in [5, 5.41) is 0.655. The minimum atomic E-state index is -0.0267. The van der Waals surface area contributed by atoms with Crippen LogP contribution in [0.4, 0.5) is 0 Å². The number of benzene rings is 2. The van der Waals surface area contributed by atoms with Gasteiger partial charge in [-0.2, -0.15) is 0 Å². The molecule has 0 saturated carbocycles. The van der Waals surface area contributed by atoms with Gasteiger partial charge in [0.05, 0.1) is 14.2 Å². The van der Waals surface area contributed by atoms with E-state index in [1.54, 1.807) is 38.5 Å². The monoisotopic (exact) mass is 290 g/mol. The summed E-state index contributed by atoms with van der Waals surface area (Å²) in [5.74, 6) is 1.10. The lowest BCUT2D eigenvalue weighted by Crippen LogP contribution is -1.99. The molecule has 0 aliphatic rings. The van der Waals surface area contributed by atoms with E-state index >= 15 is 0 Å². The molecule has 0 spiro atoms. The Labute approximate surface area is 123 Å². The van der Waals surface area contributed by atoms with E-state index in [1.807, 2.05) is 12.1 Å². The van der Waals surface area contributed by atoms with Crippen LogP contribution >= 0.6 is 11.6 Å². The van der Waals surface area contributed by atoms with Crippen LogP contribution in [0.2, 0.25) is 5.02 Å². The molecule has 0 atom stereocenters. The molecule has 0 saturated heterocycles. The number of rotatable bonds is 4. The van der Waals surface area contributed by atoms with Crippen molar-refractivity contribution in [1.82, 2.24) is 0 Å². The van der Waals surface area contributed by atoms with Crippen LogP contribution in [-0.4, -0.2) is 20.0 Å². The molecule has 104 valence electrons. The van der Waals surface area contributed by atoms with Crippen molar-refractivity contribution in [3.63, 3.8) is 0 Å². The summed E-state index contributed by atoms with van der Waals surface area (Å²) >= 11 is 5.90. The molecule has 3 nitrogen and oxygen atoms in total. The third-order valence-electron chi connectivity index (χ3n) is 3.04. The van der Waals surface area contributed by atoms with Crippen LogP contribution in [0.3, 0.4) is 0 Å². The predicted octanol–water partition coefficient (Wildman–Crippen LogP) is 4.23. The molecule has 2 aromatic rings. The van der Waals surface area contributed by atoms with Gasteiger partial charge in [-0.15, -0.1) is 0 Å². The van der Waals surface area contributed by atoms with E-state index in [2.05, 4.69) is 0 Å². The van der Waals surface area contributed by atoms with Crippen LogP contribution in [0.5, 0.6) is 11.5 Å². The lowest BCUT2D eigenvalue weighted by atomic mass is 9.99. The number of carbonyl (C=O) groups is 1. The predicted molar refractivity (Wildman–Crippen MR) is 80.0 cm³/mol. The molecular weight excluding hydrogens is 276 g/mol. The van der Waals surface area contributed by atoms with Gasteiger partial charge >= 0.3 is 0 Å². The fourth-order valence-corrected chi connectivity index (χ4v) is 2.14. The number of carbonyl (C=O) groups excluding carboxylic acids is 1. The van der Waals surface area contributed by atoms with Crippen LogP contribution in [0.25, 0.3) is 11.1 Å². The summed E-state index contributed by atoms with van der Waals surface area (Å²) in [4.78, 5) is 11.6. The van der Waals surface area contributed by atoms with E-state index in [0.29, 0.717) is 22.1 Å². The highest BCUT2D eigenvalue weighted by molar-refractivity contribution is 6.30. The first kappa shape index (κ1) is 14.4. The molecule has 2 rings (SSSR count). The zero-order chi connectivity index (χ0) is 14.7. The van der Waals surface area contributed by atoms with Gasteiger partial charge in [0.1, 0.15) is 0 Å². The summed E-state index contributed by atoms with van der Waals surface area (Å²) in [6.07, 6.45) is 0. The van der Waals surface area contributed by atoms with E-state index in [-0.39, 0.29) is 5.78 Å². The Morgan fingerprint density at radius 3 is 2.20 bits per heavy atom. The van der Waals surface area contributed by atoms with E-state index in [1.165, 1.54) is 6.92 Å². The van der Waals surface area contributed by atoms with Crippen LogP contribution in [0, 0.1) is 0 Å². The van der Waals surface area contributed by atoms with Gasteiger partial charge in [0, 0.05) is 16.1 Å². The van der Waals surface area contributed by atoms with Crippen molar-refractivity contribution in [1.29, 1.82) is 0 Å². The standard InChI is InChI=1S/C16H15ClO3/c1-10(18)12-8-14(11-4-6-13(17)7-5-11)16(20-3)15(9-12)19-2/h4-9H,1-3H3. The summed E-state index contributed by atoms with van der Waals surface area (Å²) in [6.45, 7) is 1.52. The van der Waals surface area contributed by atoms with E-state index in [9.17, 15) is 4.79 Å². The third kappa shape index (κ3) is 2.78. The molecule has 20 heavy (non-hydrogen) atoms. The Hall–Kier alpha value is -2.00. The summed E-state index contributed by atoms with van der Waals surface area (Å²) < 4.78 is 10.7. The first-order valence-electron chi connectivity index (χ1n) is 6.09. The Kier molecular flexibility index (Phi) is 4.30. The van der Waals surface area contributed by atoms with E-state index in [4.69, 9.17) is 21.1 Å². The number of methoxy groups -OCH3 is 2. The van der Waals surface area contributed by atoms with E-state index in [0.717, 1.165) is 11.1 Å². The van der Waals surface area contributed by atoms with Gasteiger partial charge in [-0.1, -0.05) is 23.7 Å². The molecule has 0 radical (unpaired) electrons. The number of ether oxygens (including phenoxy) is 2. The quantitative estimate of drug-likeness (QED) is 0.791. The Morgan fingerprint density at radius 2 is 1.70 bits per heavy atom. The van der Waals surface area contributed by atoms with Crippen LogP contribution in [0.1, 0.15) is 17.3 Å². The van der Waals surface area contributed by atoms with Crippen LogP contribution in [-0.2, 0) is 0 Å². The number of ketones is 1. The van der Waals surface area contributed by atoms with Crippen LogP contribution in [0.15, 0.2) is 36.4 Å². The summed E-state index contributed by atoms with van der Waals surface area (Å²) in [5.41, 5.74) is 2.29. The maximum Gasteiger partial charge on any atom is 0.168 e. The maximum absolute atomic E-state index is 11.6. The first-order chi connectivity index (χ1) is 9.56. The maximum atomic E-state index is 11.6. The Balaban J connectivity index is 2.68. The second-order valence-corrected chi connectivity index (χ2v) is 4.76. The first-order valence-corrected chi connectivity index (χ1v) is 6.47. The average Bonchev–Trinajstić information content (AvgIpc) is 2.46. The average molecular weight is 291 g/mol. The highest BCUT2D eigenvalue weighted by Crippen LogP contribution is 2.39. The van der Waals surface area contributed by atoms with Crippen LogP contribution < -0.4 is 9.47 Å². The van der Waals surface area contributed by atoms with Crippen molar-refractivity contribution in [2.24, 2.45) is 0 Å². The second-order valence-electron chi connectivity index (χ2n) is 4.32. The fourth-order valence-electron chi connectivity index (χ4n) is 2.01. The summed E-state index contributed by atoms with van der Waals surface area (Å²) in [6, 6.07) is 10.8. The molecule has 4 heteroatoms. The van der Waals surface area contributed by atoms with Crippen molar-refractivity contribution < 1.29 is 14.3 Å². The Bertz CT molecular complexity index is 633. The Morgan fingerprint density at radius 1 is 1.05 bits per heavy atom. The van der Waals surface area contributed by atoms with Gasteiger partial charge in [0.2, 0.25) is 0 Å². The van der Waals surface area contributed by atoms with E-state index < -0.39 is 0 Å². The molecular formula is C16H15ClO3. The SMILES string of the molecule is COc1cc(C(C)=O)cc(-c2ccc(Cl)cc2)c1OC. The van der Waals surface area contributed by atoms with Crippen molar-refractivity contribution in [2.45, 2.75) is 6.92 Å². The normalized spacial score (nSPS) is 10.2. The van der Waals surface area contributed by atoms with Gasteiger partial charge in [0.15, 0.2) is 17.3 Å². The van der Waals surface area contributed by atoms with Crippen molar-refractivity contribution in [3.05, 3.63) is 47.0 Å². The van der Waals surface area contributed by atoms with Gasteiger partial charge < -0.3 is 9.47 Å². The summed E-state index contributed by atoms with van der Waals surface area (Å²) in [7, 11) is 3.12. The number of hydrogen-bond acceptors (Lipinski definition) is 3. The minimum absolute atomic E-state index is 0.0267. The molecule has 0 aliphatic carbocycles. The van der Waals surface area contributed by atoms with Gasteiger partial charge in [-0.05, 0) is 36.8 Å². The van der Waals surface area contributed by atoms with Gasteiger partial charge in [0.25, 0.3) is 0 Å². The molecule has 0 bridgehead atoms. The molecule has 2 aromatic carbocycles. The number of Topliss-reactive ketones (excluding diaryl/α,β-unsaturated/α-hetero) is 1. The molecule has 0 amide bonds. The number of halogens is 1.